The maximum absolute atomic E-state index is 11.7. The van der Waals surface area contributed by atoms with E-state index in [9.17, 15) is 4.79 Å². The van der Waals surface area contributed by atoms with Crippen molar-refractivity contribution < 1.29 is 9.21 Å². The van der Waals surface area contributed by atoms with Crippen LogP contribution in [0.5, 0.6) is 0 Å². The number of carbonyl (C=O) groups excluding carboxylic acids is 1. The second-order valence-electron chi connectivity index (χ2n) is 5.17. The topological polar surface area (TPSA) is 55.1 Å². The summed E-state index contributed by atoms with van der Waals surface area (Å²) in [6, 6.07) is 3.98. The third-order valence-electron chi connectivity index (χ3n) is 3.76. The fourth-order valence-corrected chi connectivity index (χ4v) is 2.93. The molecule has 1 aliphatic carbocycles. The molecule has 4 nitrogen and oxygen atoms in total. The minimum atomic E-state index is 0.191. The minimum absolute atomic E-state index is 0.191. The van der Waals surface area contributed by atoms with Crippen LogP contribution in [0.25, 0.3) is 10.8 Å². The highest BCUT2D eigenvalue weighted by Gasteiger charge is 2.24. The van der Waals surface area contributed by atoms with E-state index in [2.05, 4.69) is 10.3 Å². The second kappa shape index (κ2) is 5.79. The number of nitrogens with one attached hydrogen (secondary N) is 1. The highest BCUT2D eigenvalue weighted by Crippen LogP contribution is 2.27. The van der Waals surface area contributed by atoms with Crippen LogP contribution < -0.4 is 5.32 Å². The van der Waals surface area contributed by atoms with Crippen molar-refractivity contribution in [2.45, 2.75) is 32.6 Å². The fourth-order valence-electron chi connectivity index (χ4n) is 2.28. The number of thiophene rings is 1. The number of amides is 1. The number of nitrogens with zero attached hydrogens (tertiary/aromatic N) is 1. The fraction of sp³-hybridized carbons (Fsp3) is 0.467. The van der Waals surface area contributed by atoms with Crippen LogP contribution >= 0.6 is 11.3 Å². The maximum Gasteiger partial charge on any atom is 0.236 e. The summed E-state index contributed by atoms with van der Waals surface area (Å²) in [4.78, 5) is 17.3. The smallest absolute Gasteiger partial charge is 0.236 e. The van der Waals surface area contributed by atoms with E-state index in [-0.39, 0.29) is 11.8 Å². The van der Waals surface area contributed by atoms with Crippen molar-refractivity contribution in [1.82, 2.24) is 10.3 Å². The third kappa shape index (κ3) is 2.77. The first-order valence-corrected chi connectivity index (χ1v) is 7.90. The Morgan fingerprint density at radius 2 is 2.40 bits per heavy atom. The molecule has 0 unspecified atom stereocenters. The molecule has 0 saturated heterocycles. The van der Waals surface area contributed by atoms with Gasteiger partial charge in [-0.3, -0.25) is 4.79 Å². The average Bonchev–Trinajstić information content (AvgIpc) is 2.97. The van der Waals surface area contributed by atoms with E-state index < -0.39 is 0 Å². The van der Waals surface area contributed by atoms with Gasteiger partial charge in [0.05, 0.1) is 10.6 Å². The highest BCUT2D eigenvalue weighted by atomic mass is 32.1. The van der Waals surface area contributed by atoms with Gasteiger partial charge in [0.15, 0.2) is 0 Å². The van der Waals surface area contributed by atoms with Crippen molar-refractivity contribution in [2.24, 2.45) is 5.92 Å². The zero-order chi connectivity index (χ0) is 13.9. The first-order chi connectivity index (χ1) is 9.74. The number of carbonyl (C=O) groups is 1. The van der Waals surface area contributed by atoms with Gasteiger partial charge >= 0.3 is 0 Å². The van der Waals surface area contributed by atoms with E-state index in [0.717, 1.165) is 35.6 Å². The molecule has 1 N–H and O–H groups in total. The predicted octanol–water partition coefficient (Wildman–Crippen LogP) is 3.17. The Bertz CT molecular complexity index is 585. The first-order valence-electron chi connectivity index (χ1n) is 7.02. The lowest BCUT2D eigenvalue weighted by Crippen LogP contribution is -2.35. The standard InChI is InChI=1S/C15H18N2O2S/c1-10-12(7-8-16-14(18)11-4-2-5-11)17-15(19-10)13-6-3-9-20-13/h3,6,9,11H,2,4-5,7-8H2,1H3,(H,16,18). The number of aryl methyl sites for hydroxylation is 1. The van der Waals surface area contributed by atoms with Crippen LogP contribution in [0.1, 0.15) is 30.7 Å². The molecule has 0 bridgehead atoms. The summed E-state index contributed by atoms with van der Waals surface area (Å²) < 4.78 is 5.68. The number of hydrogen-bond donors (Lipinski definition) is 1. The summed E-state index contributed by atoms with van der Waals surface area (Å²) >= 11 is 1.62. The molecule has 0 spiro atoms. The van der Waals surface area contributed by atoms with E-state index in [0.29, 0.717) is 12.4 Å². The quantitative estimate of drug-likeness (QED) is 0.920. The Morgan fingerprint density at radius 3 is 3.05 bits per heavy atom. The summed E-state index contributed by atoms with van der Waals surface area (Å²) in [6.45, 7) is 2.56. The van der Waals surface area contributed by atoms with E-state index in [4.69, 9.17) is 4.42 Å². The van der Waals surface area contributed by atoms with Gasteiger partial charge in [0, 0.05) is 18.9 Å². The van der Waals surface area contributed by atoms with Crippen molar-refractivity contribution in [3.05, 3.63) is 29.0 Å². The lowest BCUT2D eigenvalue weighted by atomic mass is 9.85. The molecule has 2 aromatic rings. The molecule has 0 radical (unpaired) electrons. The van der Waals surface area contributed by atoms with E-state index >= 15 is 0 Å². The molecule has 1 fully saturated rings. The summed E-state index contributed by atoms with van der Waals surface area (Å²) in [5.74, 6) is 1.95. The zero-order valence-electron chi connectivity index (χ0n) is 11.5. The lowest BCUT2D eigenvalue weighted by molar-refractivity contribution is -0.127. The highest BCUT2D eigenvalue weighted by molar-refractivity contribution is 7.13. The van der Waals surface area contributed by atoms with Gasteiger partial charge < -0.3 is 9.73 Å². The van der Waals surface area contributed by atoms with Crippen LogP contribution in [-0.2, 0) is 11.2 Å². The molecule has 2 heterocycles. The molecule has 2 aromatic heterocycles. The van der Waals surface area contributed by atoms with Gasteiger partial charge in [-0.2, -0.15) is 0 Å². The van der Waals surface area contributed by atoms with E-state index in [1.165, 1.54) is 6.42 Å². The molecule has 1 amide bonds. The Kier molecular flexibility index (Phi) is 3.87. The number of aromatic nitrogens is 1. The van der Waals surface area contributed by atoms with Crippen molar-refractivity contribution in [2.75, 3.05) is 6.54 Å². The van der Waals surface area contributed by atoms with Crippen LogP contribution in [0.15, 0.2) is 21.9 Å². The van der Waals surface area contributed by atoms with Gasteiger partial charge in [-0.15, -0.1) is 11.3 Å². The molecule has 1 saturated carbocycles. The van der Waals surface area contributed by atoms with Crippen molar-refractivity contribution in [3.8, 4) is 10.8 Å². The first kappa shape index (κ1) is 13.4. The Balaban J connectivity index is 1.56. The molecule has 0 atom stereocenters. The number of rotatable bonds is 5. The predicted molar refractivity (Wildman–Crippen MR) is 78.6 cm³/mol. The molecule has 0 aliphatic heterocycles. The van der Waals surface area contributed by atoms with Gasteiger partial charge in [-0.25, -0.2) is 4.98 Å². The largest absolute Gasteiger partial charge is 0.440 e. The van der Waals surface area contributed by atoms with Crippen LogP contribution in [-0.4, -0.2) is 17.4 Å². The van der Waals surface area contributed by atoms with E-state index in [1.54, 1.807) is 11.3 Å². The molecule has 3 rings (SSSR count). The molecule has 5 heteroatoms. The SMILES string of the molecule is Cc1oc(-c2cccs2)nc1CCNC(=O)C1CCC1. The molecule has 106 valence electrons. The van der Waals surface area contributed by atoms with Gasteiger partial charge in [0.2, 0.25) is 11.8 Å². The maximum atomic E-state index is 11.7. The Labute approximate surface area is 122 Å². The average molecular weight is 290 g/mol. The summed E-state index contributed by atoms with van der Waals surface area (Å²) in [6.07, 6.45) is 3.98. The molecule has 1 aliphatic rings. The Morgan fingerprint density at radius 1 is 1.55 bits per heavy atom. The zero-order valence-corrected chi connectivity index (χ0v) is 12.3. The molecule has 0 aromatic carbocycles. The van der Waals surface area contributed by atoms with Crippen molar-refractivity contribution >= 4 is 17.2 Å². The molecular weight excluding hydrogens is 272 g/mol. The summed E-state index contributed by atoms with van der Waals surface area (Å²) in [5.41, 5.74) is 0.933. The lowest BCUT2D eigenvalue weighted by Gasteiger charge is -2.23. The van der Waals surface area contributed by atoms with Crippen LogP contribution in [0, 0.1) is 12.8 Å². The van der Waals surface area contributed by atoms with Crippen LogP contribution in [0.4, 0.5) is 0 Å². The normalized spacial score (nSPS) is 15.1. The van der Waals surface area contributed by atoms with Crippen molar-refractivity contribution in [3.63, 3.8) is 0 Å². The monoisotopic (exact) mass is 290 g/mol. The number of hydrogen-bond acceptors (Lipinski definition) is 4. The van der Waals surface area contributed by atoms with Crippen molar-refractivity contribution in [1.29, 1.82) is 0 Å². The van der Waals surface area contributed by atoms with Crippen LogP contribution in [0.2, 0.25) is 0 Å². The van der Waals surface area contributed by atoms with Gasteiger partial charge in [0.25, 0.3) is 0 Å². The van der Waals surface area contributed by atoms with Gasteiger partial charge in [0.1, 0.15) is 5.76 Å². The van der Waals surface area contributed by atoms with E-state index in [1.807, 2.05) is 24.4 Å². The third-order valence-corrected chi connectivity index (χ3v) is 4.62. The van der Waals surface area contributed by atoms with Crippen LogP contribution in [0.3, 0.4) is 0 Å². The number of oxazole rings is 1. The Hall–Kier alpha value is -1.62. The summed E-state index contributed by atoms with van der Waals surface area (Å²) in [5, 5.41) is 4.99. The summed E-state index contributed by atoms with van der Waals surface area (Å²) in [7, 11) is 0. The molecular formula is C15H18N2O2S. The van der Waals surface area contributed by atoms with Gasteiger partial charge in [-0.1, -0.05) is 12.5 Å². The molecule has 20 heavy (non-hydrogen) atoms. The second-order valence-corrected chi connectivity index (χ2v) is 6.12. The minimum Gasteiger partial charge on any atom is -0.440 e. The van der Waals surface area contributed by atoms with Gasteiger partial charge in [-0.05, 0) is 31.2 Å².